The number of carbonyl (C=O) groups excluding carboxylic acids is 1. The van der Waals surface area contributed by atoms with E-state index in [-0.39, 0.29) is 5.91 Å². The fourth-order valence-electron chi connectivity index (χ4n) is 2.21. The molecule has 2 N–H and O–H groups in total. The number of aryl methyl sites for hydroxylation is 3. The van der Waals surface area contributed by atoms with Gasteiger partial charge in [0.1, 0.15) is 18.0 Å². The van der Waals surface area contributed by atoms with Crippen LogP contribution in [-0.2, 0) is 11.3 Å². The highest BCUT2D eigenvalue weighted by Gasteiger charge is 2.13. The van der Waals surface area contributed by atoms with E-state index in [1.54, 1.807) is 0 Å². The molecule has 1 aromatic heterocycles. The molecule has 1 atom stereocenters. The quantitative estimate of drug-likeness (QED) is 0.870. The summed E-state index contributed by atoms with van der Waals surface area (Å²) >= 11 is 0. The molecule has 0 radical (unpaired) electrons. The van der Waals surface area contributed by atoms with Gasteiger partial charge in [-0.3, -0.25) is 4.79 Å². The maximum absolute atomic E-state index is 12.1. The van der Waals surface area contributed by atoms with Crippen LogP contribution in [0, 0.1) is 20.8 Å². The molecule has 0 saturated heterocycles. The predicted molar refractivity (Wildman–Crippen MR) is 81.2 cm³/mol. The Morgan fingerprint density at radius 2 is 2.05 bits per heavy atom. The van der Waals surface area contributed by atoms with Crippen LogP contribution in [0.25, 0.3) is 0 Å². The Balaban J connectivity index is 1.90. The van der Waals surface area contributed by atoms with Gasteiger partial charge in [0.25, 0.3) is 5.91 Å². The van der Waals surface area contributed by atoms with Gasteiger partial charge in [-0.2, -0.15) is 0 Å². The van der Waals surface area contributed by atoms with Crippen molar-refractivity contribution in [1.82, 2.24) is 5.16 Å². The van der Waals surface area contributed by atoms with Crippen LogP contribution in [0.3, 0.4) is 0 Å². The number of benzene rings is 1. The zero-order valence-corrected chi connectivity index (χ0v) is 13.0. The van der Waals surface area contributed by atoms with Crippen LogP contribution in [0.2, 0.25) is 0 Å². The van der Waals surface area contributed by atoms with Crippen LogP contribution in [0.5, 0.6) is 0 Å². The fraction of sp³-hybridized carbons (Fsp3) is 0.375. The van der Waals surface area contributed by atoms with E-state index in [1.165, 1.54) is 0 Å². The Hall–Kier alpha value is -2.14. The van der Waals surface area contributed by atoms with Gasteiger partial charge in [-0.1, -0.05) is 17.3 Å². The van der Waals surface area contributed by atoms with Gasteiger partial charge in [-0.05, 0) is 38.0 Å². The standard InChI is InChI=1S/C16H21N3O2/c1-11-5-6-12(2)15(7-11)17-16(20)10-19(4)9-14-8-13(3)21-18-14/h5-8H,9-10H2,1-4H3,(H,17,20)/p+1. The Bertz CT molecular complexity index is 634. The van der Waals surface area contributed by atoms with E-state index in [1.807, 2.05) is 52.1 Å². The third-order valence-corrected chi connectivity index (χ3v) is 3.29. The van der Waals surface area contributed by atoms with E-state index in [0.29, 0.717) is 13.1 Å². The molecule has 2 rings (SSSR count). The molecule has 112 valence electrons. The van der Waals surface area contributed by atoms with Gasteiger partial charge in [0.15, 0.2) is 6.54 Å². The molecule has 0 spiro atoms. The average Bonchev–Trinajstić information content (AvgIpc) is 2.79. The van der Waals surface area contributed by atoms with Crippen LogP contribution in [-0.4, -0.2) is 24.7 Å². The van der Waals surface area contributed by atoms with Crippen molar-refractivity contribution in [2.45, 2.75) is 27.3 Å². The zero-order chi connectivity index (χ0) is 15.4. The Morgan fingerprint density at radius 3 is 2.71 bits per heavy atom. The number of nitrogens with zero attached hydrogens (tertiary/aromatic N) is 1. The molecule has 1 unspecified atom stereocenters. The maximum Gasteiger partial charge on any atom is 0.279 e. The Kier molecular flexibility index (Phi) is 4.75. The zero-order valence-electron chi connectivity index (χ0n) is 13.0. The molecule has 1 aromatic carbocycles. The highest BCUT2D eigenvalue weighted by Crippen LogP contribution is 2.15. The van der Waals surface area contributed by atoms with Gasteiger partial charge in [0.2, 0.25) is 0 Å². The summed E-state index contributed by atoms with van der Waals surface area (Å²) in [6.07, 6.45) is 0. The highest BCUT2D eigenvalue weighted by molar-refractivity contribution is 5.92. The van der Waals surface area contributed by atoms with E-state index < -0.39 is 0 Å². The van der Waals surface area contributed by atoms with Crippen molar-refractivity contribution in [3.8, 4) is 0 Å². The number of aromatic nitrogens is 1. The summed E-state index contributed by atoms with van der Waals surface area (Å²) in [6.45, 7) is 6.92. The van der Waals surface area contributed by atoms with Crippen LogP contribution in [0.4, 0.5) is 5.69 Å². The summed E-state index contributed by atoms with van der Waals surface area (Å²) in [5.74, 6) is 0.791. The molecular weight excluding hydrogens is 266 g/mol. The number of amides is 1. The summed E-state index contributed by atoms with van der Waals surface area (Å²) < 4.78 is 5.03. The summed E-state index contributed by atoms with van der Waals surface area (Å²) in [7, 11) is 1.96. The van der Waals surface area contributed by atoms with Crippen molar-refractivity contribution in [3.63, 3.8) is 0 Å². The minimum Gasteiger partial charge on any atom is -0.361 e. The first-order valence-corrected chi connectivity index (χ1v) is 7.04. The SMILES string of the molecule is Cc1ccc(C)c(NC(=O)C[NH+](C)Cc2cc(C)on2)c1. The van der Waals surface area contributed by atoms with Crippen LogP contribution < -0.4 is 10.2 Å². The number of nitrogens with one attached hydrogen (secondary N) is 2. The molecule has 0 saturated carbocycles. The molecule has 0 bridgehead atoms. The molecule has 0 aliphatic rings. The Morgan fingerprint density at radius 1 is 1.29 bits per heavy atom. The summed E-state index contributed by atoms with van der Waals surface area (Å²) in [4.78, 5) is 13.2. The van der Waals surface area contributed by atoms with E-state index in [2.05, 4.69) is 10.5 Å². The first kappa shape index (κ1) is 15.3. The van der Waals surface area contributed by atoms with Gasteiger partial charge in [0, 0.05) is 11.8 Å². The van der Waals surface area contributed by atoms with Crippen molar-refractivity contribution >= 4 is 11.6 Å². The van der Waals surface area contributed by atoms with E-state index in [4.69, 9.17) is 4.52 Å². The van der Waals surface area contributed by atoms with Gasteiger partial charge in [-0.15, -0.1) is 0 Å². The third kappa shape index (κ3) is 4.43. The van der Waals surface area contributed by atoms with E-state index in [9.17, 15) is 4.79 Å². The van der Waals surface area contributed by atoms with Gasteiger partial charge in [-0.25, -0.2) is 0 Å². The molecule has 1 amide bonds. The minimum absolute atomic E-state index is 0.00131. The minimum atomic E-state index is 0.00131. The molecule has 0 aliphatic heterocycles. The number of hydrogen-bond donors (Lipinski definition) is 2. The normalized spacial score (nSPS) is 12.2. The molecule has 1 heterocycles. The summed E-state index contributed by atoms with van der Waals surface area (Å²) in [5.41, 5.74) is 3.95. The van der Waals surface area contributed by atoms with Crippen molar-refractivity contribution in [3.05, 3.63) is 46.8 Å². The maximum atomic E-state index is 12.1. The summed E-state index contributed by atoms with van der Waals surface area (Å²) in [5, 5.41) is 6.91. The fourth-order valence-corrected chi connectivity index (χ4v) is 2.21. The molecule has 5 heteroatoms. The van der Waals surface area contributed by atoms with Crippen molar-refractivity contribution in [1.29, 1.82) is 0 Å². The highest BCUT2D eigenvalue weighted by atomic mass is 16.5. The largest absolute Gasteiger partial charge is 0.361 e. The number of carbonyl (C=O) groups is 1. The molecular formula is C16H22N3O2+. The van der Waals surface area contributed by atoms with Crippen molar-refractivity contribution in [2.75, 3.05) is 18.9 Å². The molecule has 21 heavy (non-hydrogen) atoms. The number of likely N-dealkylation sites (N-methyl/N-ethyl adjacent to an activating group) is 1. The predicted octanol–water partition coefficient (Wildman–Crippen LogP) is 1.25. The number of anilines is 1. The Labute approximate surface area is 124 Å². The average molecular weight is 288 g/mol. The van der Waals surface area contributed by atoms with E-state index in [0.717, 1.165) is 33.2 Å². The lowest BCUT2D eigenvalue weighted by molar-refractivity contribution is -0.885. The van der Waals surface area contributed by atoms with Crippen molar-refractivity contribution in [2.24, 2.45) is 0 Å². The summed E-state index contributed by atoms with van der Waals surface area (Å²) in [6, 6.07) is 7.94. The lowest BCUT2D eigenvalue weighted by Gasteiger charge is -2.13. The number of quaternary nitrogens is 1. The van der Waals surface area contributed by atoms with E-state index >= 15 is 0 Å². The molecule has 0 aliphatic carbocycles. The van der Waals surface area contributed by atoms with Gasteiger partial charge in [0.05, 0.1) is 7.05 Å². The molecule has 2 aromatic rings. The topological polar surface area (TPSA) is 59.6 Å². The first-order valence-electron chi connectivity index (χ1n) is 7.04. The van der Waals surface area contributed by atoms with Crippen LogP contribution in [0.1, 0.15) is 22.6 Å². The lowest BCUT2D eigenvalue weighted by Crippen LogP contribution is -3.08. The molecule has 5 nitrogen and oxygen atoms in total. The number of hydrogen-bond acceptors (Lipinski definition) is 3. The first-order chi connectivity index (χ1) is 9.94. The van der Waals surface area contributed by atoms with Gasteiger partial charge >= 0.3 is 0 Å². The second-order valence-corrected chi connectivity index (χ2v) is 5.61. The van der Waals surface area contributed by atoms with Crippen LogP contribution in [0.15, 0.2) is 28.8 Å². The second-order valence-electron chi connectivity index (χ2n) is 5.61. The lowest BCUT2D eigenvalue weighted by atomic mass is 10.1. The van der Waals surface area contributed by atoms with Crippen molar-refractivity contribution < 1.29 is 14.2 Å². The second kappa shape index (κ2) is 6.54. The smallest absolute Gasteiger partial charge is 0.279 e. The van der Waals surface area contributed by atoms with Gasteiger partial charge < -0.3 is 14.7 Å². The number of rotatable bonds is 5. The third-order valence-electron chi connectivity index (χ3n) is 3.29. The molecule has 0 fully saturated rings. The monoisotopic (exact) mass is 288 g/mol. The van der Waals surface area contributed by atoms with Crippen LogP contribution >= 0.6 is 0 Å².